The number of rotatable bonds is 9. The number of ether oxygens (including phenoxy) is 1. The third kappa shape index (κ3) is 7.07. The molecule has 2 amide bonds. The van der Waals surface area contributed by atoms with Crippen LogP contribution in [0.5, 0.6) is 0 Å². The van der Waals surface area contributed by atoms with Crippen LogP contribution in [0.4, 0.5) is 5.69 Å². The van der Waals surface area contributed by atoms with Crippen molar-refractivity contribution in [2.75, 3.05) is 18.5 Å². The van der Waals surface area contributed by atoms with E-state index >= 15 is 0 Å². The molecule has 2 rings (SSSR count). The molecule has 2 aromatic rings. The Bertz CT molecular complexity index is 831. The highest BCUT2D eigenvalue weighted by atomic mass is 16.5. The Kier molecular flexibility index (Phi) is 8.46. The van der Waals surface area contributed by atoms with Gasteiger partial charge in [-0.15, -0.1) is 0 Å². The number of allylic oxidation sites excluding steroid dienone is 1. The molecule has 6 nitrogen and oxygen atoms in total. The number of esters is 1. The van der Waals surface area contributed by atoms with Gasteiger partial charge in [-0.25, -0.2) is 4.79 Å². The number of anilines is 1. The van der Waals surface area contributed by atoms with Gasteiger partial charge < -0.3 is 15.4 Å². The number of hydrogen-bond acceptors (Lipinski definition) is 4. The SMILES string of the molecule is CC/C=C/C(=O)OCC(=O)Nc1ccccc1C(=O)NCCc1ccccc1. The molecular weight excluding hydrogens is 356 g/mol. The van der Waals surface area contributed by atoms with E-state index in [9.17, 15) is 14.4 Å². The number of carbonyl (C=O) groups is 3. The van der Waals surface area contributed by atoms with Crippen molar-refractivity contribution in [3.63, 3.8) is 0 Å². The second-order valence-electron chi connectivity index (χ2n) is 6.00. The zero-order chi connectivity index (χ0) is 20.2. The summed E-state index contributed by atoms with van der Waals surface area (Å²) in [6, 6.07) is 16.5. The highest BCUT2D eigenvalue weighted by Crippen LogP contribution is 2.15. The average Bonchev–Trinajstić information content (AvgIpc) is 2.71. The molecule has 0 aliphatic rings. The second kappa shape index (κ2) is 11.3. The van der Waals surface area contributed by atoms with E-state index in [-0.39, 0.29) is 5.91 Å². The number of carbonyl (C=O) groups excluding carboxylic acids is 3. The molecule has 28 heavy (non-hydrogen) atoms. The fraction of sp³-hybridized carbons (Fsp3) is 0.227. The smallest absolute Gasteiger partial charge is 0.330 e. The number of amides is 2. The van der Waals surface area contributed by atoms with Crippen LogP contribution in [-0.4, -0.2) is 30.9 Å². The predicted octanol–water partition coefficient (Wildman–Crippen LogP) is 3.11. The minimum absolute atomic E-state index is 0.283. The summed E-state index contributed by atoms with van der Waals surface area (Å²) >= 11 is 0. The third-order valence-corrected chi connectivity index (χ3v) is 3.82. The molecule has 146 valence electrons. The van der Waals surface area contributed by atoms with Crippen LogP contribution < -0.4 is 10.6 Å². The fourth-order valence-corrected chi connectivity index (χ4v) is 2.44. The summed E-state index contributed by atoms with van der Waals surface area (Å²) in [5.74, 6) is -1.37. The third-order valence-electron chi connectivity index (χ3n) is 3.82. The number of para-hydroxylation sites is 1. The van der Waals surface area contributed by atoms with Crippen molar-refractivity contribution in [2.24, 2.45) is 0 Å². The van der Waals surface area contributed by atoms with Crippen molar-refractivity contribution in [1.29, 1.82) is 0 Å². The molecule has 2 N–H and O–H groups in total. The summed E-state index contributed by atoms with van der Waals surface area (Å²) in [7, 11) is 0. The zero-order valence-corrected chi connectivity index (χ0v) is 15.8. The second-order valence-corrected chi connectivity index (χ2v) is 6.00. The van der Waals surface area contributed by atoms with Crippen molar-refractivity contribution in [3.05, 3.63) is 77.9 Å². The van der Waals surface area contributed by atoms with Gasteiger partial charge in [-0.3, -0.25) is 9.59 Å². The van der Waals surface area contributed by atoms with Gasteiger partial charge in [0, 0.05) is 12.6 Å². The normalized spacial score (nSPS) is 10.5. The lowest BCUT2D eigenvalue weighted by atomic mass is 10.1. The molecule has 6 heteroatoms. The first-order valence-electron chi connectivity index (χ1n) is 9.14. The van der Waals surface area contributed by atoms with E-state index in [1.807, 2.05) is 37.3 Å². The van der Waals surface area contributed by atoms with E-state index in [4.69, 9.17) is 4.74 Å². The van der Waals surface area contributed by atoms with E-state index in [2.05, 4.69) is 10.6 Å². The van der Waals surface area contributed by atoms with Gasteiger partial charge in [0.05, 0.1) is 11.3 Å². The highest BCUT2D eigenvalue weighted by Gasteiger charge is 2.13. The molecule has 2 aromatic carbocycles. The Hall–Kier alpha value is -3.41. The van der Waals surface area contributed by atoms with Gasteiger partial charge in [-0.2, -0.15) is 0 Å². The average molecular weight is 380 g/mol. The van der Waals surface area contributed by atoms with Gasteiger partial charge in [0.2, 0.25) is 0 Å². The molecular formula is C22H24N2O4. The summed E-state index contributed by atoms with van der Waals surface area (Å²) in [5, 5.41) is 5.46. The number of nitrogens with one attached hydrogen (secondary N) is 2. The van der Waals surface area contributed by atoms with Crippen LogP contribution >= 0.6 is 0 Å². The molecule has 0 bridgehead atoms. The Morgan fingerprint density at radius 1 is 1.00 bits per heavy atom. The predicted molar refractivity (Wildman–Crippen MR) is 108 cm³/mol. The minimum atomic E-state index is -0.580. The Morgan fingerprint density at radius 3 is 2.46 bits per heavy atom. The topological polar surface area (TPSA) is 84.5 Å². The van der Waals surface area contributed by atoms with Crippen molar-refractivity contribution in [3.8, 4) is 0 Å². The van der Waals surface area contributed by atoms with Crippen LogP contribution in [0.25, 0.3) is 0 Å². The molecule has 0 unspecified atom stereocenters. The van der Waals surface area contributed by atoms with Crippen LogP contribution in [0.15, 0.2) is 66.7 Å². The van der Waals surface area contributed by atoms with E-state index in [0.29, 0.717) is 30.6 Å². The highest BCUT2D eigenvalue weighted by molar-refractivity contribution is 6.04. The van der Waals surface area contributed by atoms with Gasteiger partial charge in [-0.1, -0.05) is 55.5 Å². The Labute approximate surface area is 164 Å². The van der Waals surface area contributed by atoms with E-state index in [1.54, 1.807) is 30.3 Å². The van der Waals surface area contributed by atoms with E-state index < -0.39 is 18.5 Å². The van der Waals surface area contributed by atoms with Crippen LogP contribution in [0.2, 0.25) is 0 Å². The van der Waals surface area contributed by atoms with E-state index in [0.717, 1.165) is 5.56 Å². The maximum absolute atomic E-state index is 12.5. The van der Waals surface area contributed by atoms with E-state index in [1.165, 1.54) is 6.08 Å². The Balaban J connectivity index is 1.88. The lowest BCUT2D eigenvalue weighted by Gasteiger charge is -2.11. The molecule has 0 saturated heterocycles. The summed E-state index contributed by atoms with van der Waals surface area (Å²) in [4.78, 5) is 35.9. The molecule has 0 radical (unpaired) electrons. The number of hydrogen-bond donors (Lipinski definition) is 2. The first-order chi connectivity index (χ1) is 13.6. The molecule has 0 atom stereocenters. The monoisotopic (exact) mass is 380 g/mol. The van der Waals surface area contributed by atoms with Gasteiger partial charge in [0.1, 0.15) is 0 Å². The lowest BCUT2D eigenvalue weighted by Crippen LogP contribution is -2.28. The van der Waals surface area contributed by atoms with Gasteiger partial charge in [0.15, 0.2) is 6.61 Å². The molecule has 0 spiro atoms. The first kappa shape index (κ1) is 20.9. The molecule has 0 fully saturated rings. The van der Waals surface area contributed by atoms with Crippen molar-refractivity contribution in [2.45, 2.75) is 19.8 Å². The first-order valence-corrected chi connectivity index (χ1v) is 9.14. The van der Waals surface area contributed by atoms with Gasteiger partial charge in [-0.05, 0) is 30.5 Å². The maximum atomic E-state index is 12.5. The van der Waals surface area contributed by atoms with Crippen LogP contribution in [0, 0.1) is 0 Å². The zero-order valence-electron chi connectivity index (χ0n) is 15.8. The summed E-state index contributed by atoms with van der Waals surface area (Å²) in [5.41, 5.74) is 1.84. The van der Waals surface area contributed by atoms with Crippen molar-refractivity contribution < 1.29 is 19.1 Å². The molecule has 0 aromatic heterocycles. The van der Waals surface area contributed by atoms with Crippen LogP contribution in [-0.2, 0) is 20.7 Å². The van der Waals surface area contributed by atoms with Crippen molar-refractivity contribution in [1.82, 2.24) is 5.32 Å². The van der Waals surface area contributed by atoms with Gasteiger partial charge in [0.25, 0.3) is 11.8 Å². The molecule has 0 aliphatic heterocycles. The lowest BCUT2D eigenvalue weighted by molar-refractivity contribution is -0.142. The van der Waals surface area contributed by atoms with Crippen molar-refractivity contribution >= 4 is 23.5 Å². The Morgan fingerprint density at radius 2 is 1.71 bits per heavy atom. The maximum Gasteiger partial charge on any atom is 0.330 e. The van der Waals surface area contributed by atoms with Crippen LogP contribution in [0.1, 0.15) is 29.3 Å². The molecule has 0 heterocycles. The van der Waals surface area contributed by atoms with Crippen LogP contribution in [0.3, 0.4) is 0 Å². The van der Waals surface area contributed by atoms with Gasteiger partial charge >= 0.3 is 5.97 Å². The summed E-state index contributed by atoms with van der Waals surface area (Å²) < 4.78 is 4.85. The molecule has 0 aliphatic carbocycles. The summed E-state index contributed by atoms with van der Waals surface area (Å²) in [6.45, 7) is 1.95. The fourth-order valence-electron chi connectivity index (χ4n) is 2.44. The summed E-state index contributed by atoms with van der Waals surface area (Å²) in [6.07, 6.45) is 4.34. The largest absolute Gasteiger partial charge is 0.452 e. The quantitative estimate of drug-likeness (QED) is 0.517. The minimum Gasteiger partial charge on any atom is -0.452 e. The molecule has 0 saturated carbocycles. The standard InChI is InChI=1S/C22H24N2O4/c1-2-3-13-21(26)28-16-20(25)24-19-12-8-7-11-18(19)22(27)23-15-14-17-9-5-4-6-10-17/h3-13H,2,14-16H2,1H3,(H,23,27)(H,24,25)/b13-3+. The number of benzene rings is 2.